The van der Waals surface area contributed by atoms with Gasteiger partial charge in [-0.3, -0.25) is 0 Å². The van der Waals surface area contributed by atoms with E-state index in [1.165, 1.54) is 0 Å². The molecule has 0 bridgehead atoms. The largest absolute Gasteiger partial charge is 0.398 e. The van der Waals surface area contributed by atoms with Crippen molar-refractivity contribution in [2.45, 2.75) is 45.6 Å². The van der Waals surface area contributed by atoms with Gasteiger partial charge >= 0.3 is 0 Å². The monoisotopic (exact) mass is 341 g/mol. The van der Waals surface area contributed by atoms with Crippen LogP contribution in [-0.2, 0) is 6.42 Å². The number of aliphatic hydroxyl groups excluding tert-OH is 1. The van der Waals surface area contributed by atoms with E-state index in [1.807, 2.05) is 31.2 Å². The summed E-state index contributed by atoms with van der Waals surface area (Å²) in [4.78, 5) is 11.5. The number of aryl methyl sites for hydroxylation is 2. The Morgan fingerprint density at radius 2 is 2.16 bits per heavy atom. The van der Waals surface area contributed by atoms with Gasteiger partial charge in [0, 0.05) is 29.7 Å². The maximum absolute atomic E-state index is 9.62. The Hall–Kier alpha value is -2.34. The molecule has 1 aliphatic heterocycles. The molecule has 0 spiro atoms. The minimum absolute atomic E-state index is 0.146. The summed E-state index contributed by atoms with van der Waals surface area (Å²) >= 11 is 0. The highest BCUT2D eigenvalue weighted by Gasteiger charge is 2.25. The Bertz CT molecular complexity index is 734. The Morgan fingerprint density at radius 1 is 1.32 bits per heavy atom. The highest BCUT2D eigenvalue weighted by atomic mass is 16.3. The number of nitrogen functional groups attached to an aromatic ring is 1. The van der Waals surface area contributed by atoms with E-state index in [1.54, 1.807) is 0 Å². The van der Waals surface area contributed by atoms with Crippen LogP contribution in [0.3, 0.4) is 0 Å². The van der Waals surface area contributed by atoms with Gasteiger partial charge in [-0.1, -0.05) is 19.4 Å². The molecule has 3 rings (SSSR count). The molecule has 1 unspecified atom stereocenters. The molecule has 0 radical (unpaired) electrons. The minimum Gasteiger partial charge on any atom is -0.398 e. The lowest BCUT2D eigenvalue weighted by atomic mass is 10.2. The Kier molecular flexibility index (Phi) is 5.38. The summed E-state index contributed by atoms with van der Waals surface area (Å²) in [6.45, 7) is 5.20. The molecular formula is C19H27N5O. The molecule has 1 aromatic heterocycles. The summed E-state index contributed by atoms with van der Waals surface area (Å²) in [6.07, 6.45) is 4.01. The number of anilines is 4. The highest BCUT2D eigenvalue weighted by Crippen LogP contribution is 2.27. The van der Waals surface area contributed by atoms with E-state index >= 15 is 0 Å². The first-order valence-corrected chi connectivity index (χ1v) is 8.99. The van der Waals surface area contributed by atoms with Crippen LogP contribution in [0.25, 0.3) is 0 Å². The van der Waals surface area contributed by atoms with Crippen LogP contribution in [0.1, 0.15) is 37.4 Å². The third-order valence-corrected chi connectivity index (χ3v) is 4.69. The number of hydrogen-bond donors (Lipinski definition) is 3. The van der Waals surface area contributed by atoms with Crippen LogP contribution in [-0.4, -0.2) is 34.3 Å². The predicted molar refractivity (Wildman–Crippen MR) is 102 cm³/mol. The smallest absolute Gasteiger partial charge is 0.229 e. The van der Waals surface area contributed by atoms with E-state index in [4.69, 9.17) is 10.7 Å². The zero-order chi connectivity index (χ0) is 17.8. The summed E-state index contributed by atoms with van der Waals surface area (Å²) in [5.41, 5.74) is 9.69. The van der Waals surface area contributed by atoms with Gasteiger partial charge in [0.05, 0.1) is 12.6 Å². The van der Waals surface area contributed by atoms with Gasteiger partial charge in [-0.15, -0.1) is 0 Å². The lowest BCUT2D eigenvalue weighted by molar-refractivity contribution is 0.266. The number of nitrogens with zero attached hydrogens (tertiary/aromatic N) is 3. The molecule has 1 saturated heterocycles. The fourth-order valence-electron chi connectivity index (χ4n) is 3.24. The van der Waals surface area contributed by atoms with Crippen LogP contribution in [0, 0.1) is 6.92 Å². The SMILES string of the molecule is CCCc1cc(N2CCCC2CO)nc(Nc2ccc(C)c(N)c2)n1. The van der Waals surface area contributed by atoms with Gasteiger partial charge in [0.15, 0.2) is 0 Å². The average Bonchev–Trinajstić information content (AvgIpc) is 3.07. The normalized spacial score (nSPS) is 17.1. The molecule has 0 amide bonds. The standard InChI is InChI=1S/C19H27N5O/c1-3-5-14-11-18(24-9-4-6-16(24)12-25)23-19(21-14)22-15-8-7-13(2)17(20)10-15/h7-8,10-11,16,25H,3-6,9,12,20H2,1-2H3,(H,21,22,23). The fourth-order valence-corrected chi connectivity index (χ4v) is 3.24. The molecule has 6 heteroatoms. The van der Waals surface area contributed by atoms with Crippen LogP contribution in [0.4, 0.5) is 23.1 Å². The van der Waals surface area contributed by atoms with Crippen molar-refractivity contribution in [1.29, 1.82) is 0 Å². The minimum atomic E-state index is 0.146. The summed E-state index contributed by atoms with van der Waals surface area (Å²) in [7, 11) is 0. The van der Waals surface area contributed by atoms with Crippen LogP contribution in [0.5, 0.6) is 0 Å². The van der Waals surface area contributed by atoms with Gasteiger partial charge in [0.1, 0.15) is 5.82 Å². The topological polar surface area (TPSA) is 87.3 Å². The number of nitrogens with one attached hydrogen (secondary N) is 1. The van der Waals surface area contributed by atoms with E-state index in [0.29, 0.717) is 5.95 Å². The second-order valence-corrected chi connectivity index (χ2v) is 6.66. The number of nitrogens with two attached hydrogens (primary N) is 1. The van der Waals surface area contributed by atoms with Crippen LogP contribution >= 0.6 is 0 Å². The van der Waals surface area contributed by atoms with Gasteiger partial charge in [0.25, 0.3) is 0 Å². The predicted octanol–water partition coefficient (Wildman–Crippen LogP) is 3.02. The van der Waals surface area contributed by atoms with Crippen molar-refractivity contribution in [2.75, 3.05) is 29.1 Å². The van der Waals surface area contributed by atoms with Crippen molar-refractivity contribution in [3.63, 3.8) is 0 Å². The third kappa shape index (κ3) is 4.02. The Morgan fingerprint density at radius 3 is 2.88 bits per heavy atom. The number of hydrogen-bond acceptors (Lipinski definition) is 6. The highest BCUT2D eigenvalue weighted by molar-refractivity contribution is 5.63. The molecule has 6 nitrogen and oxygen atoms in total. The van der Waals surface area contributed by atoms with Crippen LogP contribution < -0.4 is 16.0 Å². The zero-order valence-corrected chi connectivity index (χ0v) is 15.0. The van der Waals surface area contributed by atoms with Crippen LogP contribution in [0.15, 0.2) is 24.3 Å². The van der Waals surface area contributed by atoms with Gasteiger partial charge in [-0.05, 0) is 43.9 Å². The van der Waals surface area contributed by atoms with Crippen molar-refractivity contribution in [1.82, 2.24) is 9.97 Å². The quantitative estimate of drug-likeness (QED) is 0.700. The number of aromatic nitrogens is 2. The first-order valence-electron chi connectivity index (χ1n) is 8.99. The molecule has 1 aliphatic rings. The molecule has 2 aromatic rings. The lowest BCUT2D eigenvalue weighted by Crippen LogP contribution is -2.33. The van der Waals surface area contributed by atoms with Crippen molar-refractivity contribution in [3.05, 3.63) is 35.5 Å². The number of rotatable bonds is 6. The summed E-state index contributed by atoms with van der Waals surface area (Å²) < 4.78 is 0. The summed E-state index contributed by atoms with van der Waals surface area (Å²) in [6, 6.07) is 8.06. The van der Waals surface area contributed by atoms with E-state index in [-0.39, 0.29) is 12.6 Å². The fraction of sp³-hybridized carbons (Fsp3) is 0.474. The lowest BCUT2D eigenvalue weighted by Gasteiger charge is -2.25. The molecule has 2 heterocycles. The van der Waals surface area contributed by atoms with Gasteiger partial charge < -0.3 is 21.1 Å². The third-order valence-electron chi connectivity index (χ3n) is 4.69. The van der Waals surface area contributed by atoms with Gasteiger partial charge in [-0.2, -0.15) is 4.98 Å². The summed E-state index contributed by atoms with van der Waals surface area (Å²) in [5, 5.41) is 12.9. The Balaban J connectivity index is 1.90. The summed E-state index contributed by atoms with van der Waals surface area (Å²) in [5.74, 6) is 1.46. The number of aliphatic hydroxyl groups is 1. The van der Waals surface area contributed by atoms with E-state index < -0.39 is 0 Å². The first-order chi connectivity index (χ1) is 12.1. The first kappa shape index (κ1) is 17.5. The number of benzene rings is 1. The van der Waals surface area contributed by atoms with Crippen molar-refractivity contribution >= 4 is 23.1 Å². The second-order valence-electron chi connectivity index (χ2n) is 6.66. The molecule has 1 atom stereocenters. The van der Waals surface area contributed by atoms with Gasteiger partial charge in [-0.25, -0.2) is 4.98 Å². The second kappa shape index (κ2) is 7.70. The molecule has 134 valence electrons. The Labute approximate surface area is 149 Å². The maximum Gasteiger partial charge on any atom is 0.229 e. The average molecular weight is 341 g/mol. The van der Waals surface area contributed by atoms with Crippen molar-refractivity contribution in [3.8, 4) is 0 Å². The van der Waals surface area contributed by atoms with E-state index in [9.17, 15) is 5.11 Å². The molecule has 25 heavy (non-hydrogen) atoms. The zero-order valence-electron chi connectivity index (χ0n) is 15.0. The molecule has 1 fully saturated rings. The van der Waals surface area contributed by atoms with Gasteiger partial charge in [0.2, 0.25) is 5.95 Å². The molecular weight excluding hydrogens is 314 g/mol. The van der Waals surface area contributed by atoms with Crippen LogP contribution in [0.2, 0.25) is 0 Å². The molecule has 1 aromatic carbocycles. The molecule has 4 N–H and O–H groups in total. The van der Waals surface area contributed by atoms with E-state index in [0.717, 1.165) is 60.7 Å². The van der Waals surface area contributed by atoms with E-state index in [2.05, 4.69) is 22.1 Å². The van der Waals surface area contributed by atoms with Crippen molar-refractivity contribution in [2.24, 2.45) is 0 Å². The maximum atomic E-state index is 9.62. The molecule has 0 saturated carbocycles. The van der Waals surface area contributed by atoms with Crippen molar-refractivity contribution < 1.29 is 5.11 Å². The molecule has 0 aliphatic carbocycles.